The minimum absolute atomic E-state index is 0.000665. The minimum atomic E-state index is -0.917. The molecule has 1 heterocycles. The molecular formula is C32H35N5O4. The molecule has 1 aromatic heterocycles. The molecule has 0 fully saturated rings. The van der Waals surface area contributed by atoms with E-state index in [1.54, 1.807) is 25.4 Å². The molecule has 0 atom stereocenters. The number of rotatable bonds is 9. The molecule has 3 aromatic carbocycles. The second kappa shape index (κ2) is 12.2. The zero-order valence-corrected chi connectivity index (χ0v) is 23.9. The predicted octanol–water partition coefficient (Wildman–Crippen LogP) is 5.22. The fraction of sp³-hybridized carbons (Fsp3) is 0.250. The van der Waals surface area contributed by atoms with Gasteiger partial charge in [-0.2, -0.15) is 0 Å². The summed E-state index contributed by atoms with van der Waals surface area (Å²) < 4.78 is 1.47. The van der Waals surface area contributed by atoms with Crippen molar-refractivity contribution in [3.8, 4) is 11.3 Å². The Morgan fingerprint density at radius 3 is 2.29 bits per heavy atom. The van der Waals surface area contributed by atoms with Crippen molar-refractivity contribution < 1.29 is 14.7 Å². The summed E-state index contributed by atoms with van der Waals surface area (Å²) >= 11 is 0. The number of carbonyl (C=O) groups is 2. The lowest BCUT2D eigenvalue weighted by Gasteiger charge is -2.19. The van der Waals surface area contributed by atoms with Crippen LogP contribution in [-0.2, 0) is 23.8 Å². The molecule has 0 bridgehead atoms. The number of carbonyl (C=O) groups excluding carboxylic acids is 1. The molecule has 41 heavy (non-hydrogen) atoms. The number of aromatic nitrogens is 2. The third-order valence-corrected chi connectivity index (χ3v) is 6.76. The number of nitrogens with one attached hydrogen (secondary N) is 3. The molecule has 0 spiro atoms. The molecular weight excluding hydrogens is 518 g/mol. The number of amides is 1. The third-order valence-electron chi connectivity index (χ3n) is 6.76. The van der Waals surface area contributed by atoms with Crippen molar-refractivity contribution in [3.63, 3.8) is 0 Å². The number of nitrogens with zero attached hydrogens (tertiary/aromatic N) is 2. The smallest absolute Gasteiger partial charge is 0.317 e. The molecule has 0 aliphatic heterocycles. The van der Waals surface area contributed by atoms with E-state index >= 15 is 0 Å². The molecule has 4 rings (SSSR count). The first-order valence-corrected chi connectivity index (χ1v) is 13.3. The Kier molecular flexibility index (Phi) is 8.68. The highest BCUT2D eigenvalue weighted by Crippen LogP contribution is 2.29. The summed E-state index contributed by atoms with van der Waals surface area (Å²) in [7, 11) is 1.66. The zero-order valence-electron chi connectivity index (χ0n) is 23.9. The number of carboxylic acid groups (broad SMARTS) is 1. The average molecular weight is 554 g/mol. The first-order valence-electron chi connectivity index (χ1n) is 13.3. The van der Waals surface area contributed by atoms with Gasteiger partial charge >= 0.3 is 5.97 Å². The maximum Gasteiger partial charge on any atom is 0.317 e. The Bertz CT molecular complexity index is 1620. The third kappa shape index (κ3) is 7.26. The first-order chi connectivity index (χ1) is 19.4. The summed E-state index contributed by atoms with van der Waals surface area (Å²) in [6.45, 7) is 8.59. The van der Waals surface area contributed by atoms with E-state index in [1.807, 2.05) is 61.5 Å². The number of carboxylic acids is 1. The van der Waals surface area contributed by atoms with Crippen LogP contribution in [0, 0.1) is 6.92 Å². The first kappa shape index (κ1) is 29.2. The van der Waals surface area contributed by atoms with E-state index in [4.69, 9.17) is 5.11 Å². The van der Waals surface area contributed by atoms with Gasteiger partial charge in [0.25, 0.3) is 11.5 Å². The molecule has 0 aliphatic rings. The molecule has 4 aromatic rings. The summed E-state index contributed by atoms with van der Waals surface area (Å²) in [5, 5.41) is 17.7. The van der Waals surface area contributed by atoms with Crippen molar-refractivity contribution in [2.75, 3.05) is 17.2 Å². The van der Waals surface area contributed by atoms with Crippen molar-refractivity contribution >= 4 is 29.1 Å². The molecule has 0 aliphatic carbocycles. The quantitative estimate of drug-likeness (QED) is 0.224. The Morgan fingerprint density at radius 2 is 1.66 bits per heavy atom. The van der Waals surface area contributed by atoms with Gasteiger partial charge in [-0.25, -0.2) is 4.98 Å². The number of hydrogen-bond acceptors (Lipinski definition) is 6. The predicted molar refractivity (Wildman–Crippen MR) is 162 cm³/mol. The van der Waals surface area contributed by atoms with Gasteiger partial charge in [0.15, 0.2) is 5.82 Å². The summed E-state index contributed by atoms with van der Waals surface area (Å²) in [6.07, 6.45) is 1.67. The van der Waals surface area contributed by atoms with Crippen LogP contribution < -0.4 is 21.5 Å². The van der Waals surface area contributed by atoms with Crippen LogP contribution in [0.3, 0.4) is 0 Å². The Labute approximate surface area is 239 Å². The highest BCUT2D eigenvalue weighted by molar-refractivity contribution is 6.05. The van der Waals surface area contributed by atoms with Gasteiger partial charge in [0.2, 0.25) is 0 Å². The lowest BCUT2D eigenvalue weighted by atomic mass is 9.86. The number of aliphatic carboxylic acids is 1. The summed E-state index contributed by atoms with van der Waals surface area (Å²) in [5.41, 5.74) is 5.85. The van der Waals surface area contributed by atoms with Crippen molar-refractivity contribution in [2.45, 2.75) is 39.7 Å². The molecule has 4 N–H and O–H groups in total. The van der Waals surface area contributed by atoms with Crippen LogP contribution in [0.1, 0.15) is 47.8 Å². The fourth-order valence-electron chi connectivity index (χ4n) is 4.34. The van der Waals surface area contributed by atoms with E-state index in [9.17, 15) is 14.4 Å². The summed E-state index contributed by atoms with van der Waals surface area (Å²) in [4.78, 5) is 41.2. The lowest BCUT2D eigenvalue weighted by Crippen LogP contribution is -2.22. The van der Waals surface area contributed by atoms with E-state index < -0.39 is 5.97 Å². The van der Waals surface area contributed by atoms with Gasteiger partial charge in [-0.05, 0) is 59.4 Å². The van der Waals surface area contributed by atoms with Gasteiger partial charge in [-0.15, -0.1) is 0 Å². The minimum Gasteiger partial charge on any atom is -0.480 e. The van der Waals surface area contributed by atoms with Crippen molar-refractivity contribution in [1.82, 2.24) is 14.9 Å². The van der Waals surface area contributed by atoms with E-state index in [1.165, 1.54) is 4.57 Å². The SMILES string of the molecule is Cc1c(NC(=O)c2ccc(C(C)(C)C)cc2)cccc1-c1cn(C)c(=O)c(Nc2ccc(CNCC(=O)O)cc2)n1. The highest BCUT2D eigenvalue weighted by atomic mass is 16.4. The van der Waals surface area contributed by atoms with Gasteiger partial charge < -0.3 is 25.6 Å². The molecule has 0 unspecified atom stereocenters. The molecule has 9 nitrogen and oxygen atoms in total. The molecule has 212 valence electrons. The van der Waals surface area contributed by atoms with Crippen LogP contribution in [-0.4, -0.2) is 33.1 Å². The topological polar surface area (TPSA) is 125 Å². The second-order valence-electron chi connectivity index (χ2n) is 11.0. The standard InChI is InChI=1S/C32H35N5O4/c1-20-25(7-6-8-26(20)36-30(40)22-11-13-23(14-12-22)32(2,3)4)27-19-37(5)31(41)29(35-27)34-24-15-9-21(10-16-24)17-33-18-28(38)39/h6-16,19,33H,17-18H2,1-5H3,(H,34,35)(H,36,40)(H,38,39). The van der Waals surface area contributed by atoms with E-state index in [2.05, 4.69) is 41.7 Å². The van der Waals surface area contributed by atoms with Crippen LogP contribution in [0.15, 0.2) is 77.7 Å². The largest absolute Gasteiger partial charge is 0.480 e. The van der Waals surface area contributed by atoms with Crippen molar-refractivity contribution in [3.05, 3.63) is 106 Å². The highest BCUT2D eigenvalue weighted by Gasteiger charge is 2.16. The fourth-order valence-corrected chi connectivity index (χ4v) is 4.34. The van der Waals surface area contributed by atoms with E-state index in [-0.39, 0.29) is 29.2 Å². The Morgan fingerprint density at radius 1 is 0.976 bits per heavy atom. The maximum atomic E-state index is 13.0. The van der Waals surface area contributed by atoms with Gasteiger partial charge in [-0.3, -0.25) is 14.4 Å². The van der Waals surface area contributed by atoms with Gasteiger partial charge in [0.1, 0.15) is 0 Å². The van der Waals surface area contributed by atoms with Crippen LogP contribution >= 0.6 is 0 Å². The van der Waals surface area contributed by atoms with Crippen LogP contribution in [0.2, 0.25) is 0 Å². The summed E-state index contributed by atoms with van der Waals surface area (Å²) in [6, 6.07) is 20.5. The summed E-state index contributed by atoms with van der Waals surface area (Å²) in [5.74, 6) is -0.961. The normalized spacial score (nSPS) is 11.2. The van der Waals surface area contributed by atoms with Gasteiger partial charge in [0, 0.05) is 42.3 Å². The van der Waals surface area contributed by atoms with E-state index in [0.717, 1.165) is 22.3 Å². The number of anilines is 3. The maximum absolute atomic E-state index is 13.0. The molecule has 0 saturated heterocycles. The number of aryl methyl sites for hydroxylation is 1. The number of benzene rings is 3. The van der Waals surface area contributed by atoms with Crippen LogP contribution in [0.25, 0.3) is 11.3 Å². The molecule has 1 amide bonds. The Hall–Kier alpha value is -4.76. The second-order valence-corrected chi connectivity index (χ2v) is 11.0. The Balaban J connectivity index is 1.54. The molecule has 9 heteroatoms. The van der Waals surface area contributed by atoms with Crippen LogP contribution in [0.4, 0.5) is 17.2 Å². The zero-order chi connectivity index (χ0) is 29.7. The monoisotopic (exact) mass is 553 g/mol. The van der Waals surface area contributed by atoms with Gasteiger partial charge in [-0.1, -0.05) is 57.2 Å². The lowest BCUT2D eigenvalue weighted by molar-refractivity contribution is -0.136. The average Bonchev–Trinajstić information content (AvgIpc) is 2.92. The van der Waals surface area contributed by atoms with Crippen molar-refractivity contribution in [1.29, 1.82) is 0 Å². The van der Waals surface area contributed by atoms with Crippen molar-refractivity contribution in [2.24, 2.45) is 7.05 Å². The van der Waals surface area contributed by atoms with Crippen LogP contribution in [0.5, 0.6) is 0 Å². The number of hydrogen-bond donors (Lipinski definition) is 4. The molecule has 0 saturated carbocycles. The molecule has 0 radical (unpaired) electrons. The van der Waals surface area contributed by atoms with E-state index in [0.29, 0.717) is 29.2 Å². The van der Waals surface area contributed by atoms with Gasteiger partial charge in [0.05, 0.1) is 12.2 Å².